The molecule has 48 heavy (non-hydrogen) atoms. The number of aromatic carboxylic acids is 1. The molecule has 246 valence electrons. The first-order chi connectivity index (χ1) is 23.3. The van der Waals surface area contributed by atoms with Gasteiger partial charge in [0.1, 0.15) is 11.4 Å². The third kappa shape index (κ3) is 5.57. The normalized spacial score (nSPS) is 15.8. The van der Waals surface area contributed by atoms with Crippen LogP contribution < -0.4 is 4.74 Å². The van der Waals surface area contributed by atoms with Crippen LogP contribution in [0, 0.1) is 6.92 Å². The number of fused-ring (bicyclic) bond motifs is 8. The summed E-state index contributed by atoms with van der Waals surface area (Å²) in [5.41, 5.74) is 8.01. The fourth-order valence-electron chi connectivity index (χ4n) is 7.11. The molecule has 0 saturated heterocycles. The maximum Gasteiger partial charge on any atom is 0.352 e. The van der Waals surface area contributed by atoms with Crippen molar-refractivity contribution in [3.05, 3.63) is 93.7 Å². The first kappa shape index (κ1) is 31.4. The van der Waals surface area contributed by atoms with E-state index in [2.05, 4.69) is 41.9 Å². The zero-order valence-electron chi connectivity index (χ0n) is 27.1. The lowest BCUT2D eigenvalue weighted by atomic mass is 9.98. The van der Waals surface area contributed by atoms with Gasteiger partial charge in [0.05, 0.1) is 34.6 Å². The summed E-state index contributed by atoms with van der Waals surface area (Å²) in [6.45, 7) is 2.57. The first-order valence-corrected chi connectivity index (χ1v) is 18.8. The fraction of sp³-hybridized carbons (Fsp3) is 0.324. The molecule has 0 spiro atoms. The second-order valence-electron chi connectivity index (χ2n) is 12.7. The minimum absolute atomic E-state index is 0.286. The van der Waals surface area contributed by atoms with Crippen LogP contribution in [0.4, 0.5) is 0 Å². The Morgan fingerprint density at radius 2 is 1.83 bits per heavy atom. The molecule has 8 rings (SSSR count). The van der Waals surface area contributed by atoms with E-state index >= 15 is 0 Å². The number of hydrogen-bond donors (Lipinski definition) is 1. The summed E-state index contributed by atoms with van der Waals surface area (Å²) in [6.07, 6.45) is 3.43. The van der Waals surface area contributed by atoms with Crippen LogP contribution in [0.3, 0.4) is 0 Å². The molecule has 8 bridgehead atoms. The summed E-state index contributed by atoms with van der Waals surface area (Å²) in [5, 5.41) is 24.2. The van der Waals surface area contributed by atoms with Gasteiger partial charge in [-0.05, 0) is 67.8 Å². The SMILES string of the molecule is Cc1c2c(nn1C1CC1)CSCc1cc(n(C)n1)CSc1cc(c3ccccc3c1)OCCCc1c(C(=O)O)n(C)c3c-2c(Cl)ccc13. The molecular formula is C37H36ClN5O3S2. The van der Waals surface area contributed by atoms with Crippen molar-refractivity contribution in [3.63, 3.8) is 0 Å². The van der Waals surface area contributed by atoms with Gasteiger partial charge in [-0.3, -0.25) is 9.36 Å². The quantitative estimate of drug-likeness (QED) is 0.193. The zero-order chi connectivity index (χ0) is 33.1. The van der Waals surface area contributed by atoms with Gasteiger partial charge in [0.2, 0.25) is 0 Å². The highest BCUT2D eigenvalue weighted by Gasteiger charge is 2.32. The number of benzene rings is 3. The number of thioether (sulfide) groups is 2. The number of hydrogen-bond acceptors (Lipinski definition) is 6. The number of rotatable bonds is 2. The summed E-state index contributed by atoms with van der Waals surface area (Å²) in [4.78, 5) is 14.0. The van der Waals surface area contributed by atoms with Crippen molar-refractivity contribution in [2.75, 3.05) is 6.61 Å². The van der Waals surface area contributed by atoms with Crippen molar-refractivity contribution in [3.8, 4) is 16.9 Å². The molecule has 0 radical (unpaired) electrons. The summed E-state index contributed by atoms with van der Waals surface area (Å²) >= 11 is 10.6. The topological polar surface area (TPSA) is 87.1 Å². The van der Waals surface area contributed by atoms with E-state index in [0.717, 1.165) is 90.4 Å². The third-order valence-corrected chi connectivity index (χ3v) is 11.8. The lowest BCUT2D eigenvalue weighted by molar-refractivity contribution is 0.0685. The van der Waals surface area contributed by atoms with E-state index in [1.165, 1.54) is 5.69 Å². The van der Waals surface area contributed by atoms with E-state index in [0.29, 0.717) is 36.3 Å². The fourth-order valence-corrected chi connectivity index (χ4v) is 9.19. The number of carboxylic acids is 1. The second-order valence-corrected chi connectivity index (χ2v) is 15.2. The number of ether oxygens (including phenoxy) is 1. The molecule has 8 nitrogen and oxygen atoms in total. The smallest absolute Gasteiger partial charge is 0.352 e. The summed E-state index contributed by atoms with van der Waals surface area (Å²) in [5.74, 6) is 2.11. The largest absolute Gasteiger partial charge is 0.493 e. The summed E-state index contributed by atoms with van der Waals surface area (Å²) < 4.78 is 12.4. The van der Waals surface area contributed by atoms with E-state index in [1.807, 2.05) is 47.6 Å². The maximum absolute atomic E-state index is 12.8. The molecule has 11 heteroatoms. The first-order valence-electron chi connectivity index (χ1n) is 16.3. The molecule has 0 amide bonds. The highest BCUT2D eigenvalue weighted by molar-refractivity contribution is 7.98. The molecule has 3 aromatic carbocycles. The molecule has 3 aromatic heterocycles. The minimum Gasteiger partial charge on any atom is -0.493 e. The van der Waals surface area contributed by atoms with Crippen LogP contribution in [0.15, 0.2) is 59.5 Å². The Morgan fingerprint density at radius 3 is 2.65 bits per heavy atom. The zero-order valence-corrected chi connectivity index (χ0v) is 29.5. The van der Waals surface area contributed by atoms with Gasteiger partial charge >= 0.3 is 5.97 Å². The monoisotopic (exact) mass is 697 g/mol. The summed E-state index contributed by atoms with van der Waals surface area (Å²) in [6, 6.07) is 19.1. The maximum atomic E-state index is 12.8. The Morgan fingerprint density at radius 1 is 1.00 bits per heavy atom. The lowest BCUT2D eigenvalue weighted by Gasteiger charge is -2.12. The Balaban J connectivity index is 1.26. The molecular weight excluding hydrogens is 662 g/mol. The number of aromatic nitrogens is 5. The van der Waals surface area contributed by atoms with E-state index < -0.39 is 5.97 Å². The Labute approximate surface area is 292 Å². The number of aryl methyl sites for hydroxylation is 3. The van der Waals surface area contributed by atoms with Gasteiger partial charge < -0.3 is 14.4 Å². The average molecular weight is 698 g/mol. The standard InChI is InChI=1S/C37H36ClN5O3S2/c1-21-33-31(40-43(21)24-10-11-24)20-47-18-23-16-25(42(3)39-23)19-48-26-15-22-7-4-5-8-27(22)32(17-26)46-14-6-9-28-29-12-13-30(38)34(33)35(29)41(2)36(28)37(44)45/h4-5,7-8,12-13,15-17,24H,6,9-11,14,18-20H2,1-3H3,(H,44,45). The number of halogens is 1. The van der Waals surface area contributed by atoms with Gasteiger partial charge in [-0.2, -0.15) is 10.2 Å². The predicted octanol–water partition coefficient (Wildman–Crippen LogP) is 8.97. The van der Waals surface area contributed by atoms with Crippen molar-refractivity contribution in [2.45, 2.75) is 60.8 Å². The highest BCUT2D eigenvalue weighted by atomic mass is 35.5. The third-order valence-electron chi connectivity index (χ3n) is 9.51. The summed E-state index contributed by atoms with van der Waals surface area (Å²) in [7, 11) is 3.85. The van der Waals surface area contributed by atoms with Crippen molar-refractivity contribution < 1.29 is 14.6 Å². The van der Waals surface area contributed by atoms with Crippen molar-refractivity contribution in [1.82, 2.24) is 24.1 Å². The Bertz CT molecular complexity index is 2230. The van der Waals surface area contributed by atoms with E-state index in [1.54, 1.807) is 23.5 Å². The highest BCUT2D eigenvalue weighted by Crippen LogP contribution is 2.45. The van der Waals surface area contributed by atoms with Gasteiger partial charge in [0.25, 0.3) is 0 Å². The van der Waals surface area contributed by atoms with Crippen LogP contribution in [0.2, 0.25) is 5.02 Å². The molecule has 1 fully saturated rings. The van der Waals surface area contributed by atoms with Gasteiger partial charge in [-0.1, -0.05) is 41.9 Å². The Hall–Kier alpha value is -3.86. The molecule has 0 atom stereocenters. The van der Waals surface area contributed by atoms with E-state index in [-0.39, 0.29) is 5.69 Å². The molecule has 2 aliphatic rings. The molecule has 6 aromatic rings. The van der Waals surface area contributed by atoms with Crippen LogP contribution in [0.25, 0.3) is 32.8 Å². The van der Waals surface area contributed by atoms with Crippen molar-refractivity contribution in [1.29, 1.82) is 0 Å². The molecule has 1 N–H and O–H groups in total. The Kier molecular flexibility index (Phi) is 8.21. The lowest BCUT2D eigenvalue weighted by Crippen LogP contribution is -2.09. The molecule has 1 aliphatic carbocycles. The average Bonchev–Trinajstić information content (AvgIpc) is 3.69. The van der Waals surface area contributed by atoms with Crippen LogP contribution >= 0.6 is 35.1 Å². The van der Waals surface area contributed by atoms with Gasteiger partial charge in [0, 0.05) is 69.5 Å². The second kappa shape index (κ2) is 12.5. The molecule has 1 aliphatic heterocycles. The van der Waals surface area contributed by atoms with Crippen LogP contribution in [-0.2, 0) is 37.8 Å². The van der Waals surface area contributed by atoms with Gasteiger partial charge in [-0.15, -0.1) is 23.5 Å². The molecule has 1 saturated carbocycles. The van der Waals surface area contributed by atoms with Crippen LogP contribution in [0.5, 0.6) is 5.75 Å². The number of nitrogens with zero attached hydrogens (tertiary/aromatic N) is 5. The molecule has 4 heterocycles. The minimum atomic E-state index is -0.951. The van der Waals surface area contributed by atoms with Gasteiger partial charge in [0.15, 0.2) is 0 Å². The van der Waals surface area contributed by atoms with Crippen LogP contribution in [-0.4, -0.2) is 41.8 Å². The predicted molar refractivity (Wildman–Crippen MR) is 195 cm³/mol. The van der Waals surface area contributed by atoms with E-state index in [9.17, 15) is 9.90 Å². The molecule has 0 unspecified atom stereocenters. The number of carboxylic acid groups (broad SMARTS) is 1. The van der Waals surface area contributed by atoms with Crippen LogP contribution in [0.1, 0.15) is 64.1 Å². The van der Waals surface area contributed by atoms with Crippen molar-refractivity contribution >= 4 is 62.8 Å². The number of carbonyl (C=O) groups is 1. The van der Waals surface area contributed by atoms with Gasteiger partial charge in [-0.25, -0.2) is 4.79 Å². The van der Waals surface area contributed by atoms with Crippen molar-refractivity contribution in [2.24, 2.45) is 14.1 Å². The van der Waals surface area contributed by atoms with E-state index in [4.69, 9.17) is 26.5 Å².